The van der Waals surface area contributed by atoms with Gasteiger partial charge in [-0.2, -0.15) is 0 Å². The van der Waals surface area contributed by atoms with Crippen molar-refractivity contribution in [1.29, 1.82) is 0 Å². The third-order valence-corrected chi connectivity index (χ3v) is 4.35. The summed E-state index contributed by atoms with van der Waals surface area (Å²) in [6.07, 6.45) is 0. The van der Waals surface area contributed by atoms with Gasteiger partial charge in [0.05, 0.1) is 40.1 Å². The van der Waals surface area contributed by atoms with E-state index in [1.165, 1.54) is 0 Å². The zero-order valence-electron chi connectivity index (χ0n) is 19.1. The molecule has 0 fully saturated rings. The van der Waals surface area contributed by atoms with E-state index in [0.29, 0.717) is 39.6 Å². The topological polar surface area (TPSA) is 46.2 Å². The van der Waals surface area contributed by atoms with Gasteiger partial charge in [-0.3, -0.25) is 0 Å². The van der Waals surface area contributed by atoms with Crippen LogP contribution in [0, 0.1) is 0 Å². The Morgan fingerprint density at radius 3 is 1.54 bits per heavy atom. The first-order valence-electron chi connectivity index (χ1n) is 10.2. The Kier molecular flexibility index (Phi) is 10.3. The van der Waals surface area contributed by atoms with Crippen molar-refractivity contribution in [3.8, 4) is 11.5 Å². The molecular weight excluding hydrogens is 356 g/mol. The second-order valence-electron chi connectivity index (χ2n) is 8.82. The van der Waals surface area contributed by atoms with Gasteiger partial charge in [-0.05, 0) is 29.9 Å². The Bertz CT molecular complexity index is 570. The highest BCUT2D eigenvalue weighted by Gasteiger charge is 2.26. The van der Waals surface area contributed by atoms with E-state index >= 15 is 0 Å². The fourth-order valence-corrected chi connectivity index (χ4v) is 2.82. The number of ether oxygens (including phenoxy) is 5. The molecule has 28 heavy (non-hydrogen) atoms. The normalized spacial score (nSPS) is 12.3. The van der Waals surface area contributed by atoms with Crippen LogP contribution >= 0.6 is 0 Å². The van der Waals surface area contributed by atoms with E-state index in [9.17, 15) is 0 Å². The summed E-state index contributed by atoms with van der Waals surface area (Å²) in [5.74, 6) is 1.81. The minimum Gasteiger partial charge on any atom is -0.496 e. The van der Waals surface area contributed by atoms with Crippen LogP contribution in [0.4, 0.5) is 0 Å². The van der Waals surface area contributed by atoms with E-state index < -0.39 is 0 Å². The highest BCUT2D eigenvalue weighted by atomic mass is 16.6. The lowest BCUT2D eigenvalue weighted by atomic mass is 9.81. The quantitative estimate of drug-likeness (QED) is 0.478. The number of hydrogen-bond acceptors (Lipinski definition) is 5. The molecule has 0 atom stereocenters. The van der Waals surface area contributed by atoms with Crippen molar-refractivity contribution >= 4 is 0 Å². The van der Waals surface area contributed by atoms with Crippen LogP contribution in [0.15, 0.2) is 12.1 Å². The van der Waals surface area contributed by atoms with Gasteiger partial charge in [-0.15, -0.1) is 0 Å². The van der Waals surface area contributed by atoms with Gasteiger partial charge in [0.1, 0.15) is 18.1 Å². The molecule has 0 saturated carbocycles. The fourth-order valence-electron chi connectivity index (χ4n) is 2.82. The van der Waals surface area contributed by atoms with Gasteiger partial charge in [0.2, 0.25) is 0 Å². The maximum absolute atomic E-state index is 6.12. The predicted molar refractivity (Wildman–Crippen MR) is 114 cm³/mol. The van der Waals surface area contributed by atoms with E-state index in [1.807, 2.05) is 6.92 Å². The molecule has 0 aliphatic rings. The smallest absolute Gasteiger partial charge is 0.123 e. The van der Waals surface area contributed by atoms with Crippen molar-refractivity contribution in [3.63, 3.8) is 0 Å². The van der Waals surface area contributed by atoms with Crippen LogP contribution in [0.2, 0.25) is 0 Å². The molecule has 1 aromatic carbocycles. The summed E-state index contributed by atoms with van der Waals surface area (Å²) < 4.78 is 28.1. The summed E-state index contributed by atoms with van der Waals surface area (Å²) in [5, 5.41) is 0. The molecule has 0 spiro atoms. The monoisotopic (exact) mass is 396 g/mol. The van der Waals surface area contributed by atoms with Crippen molar-refractivity contribution in [2.75, 3.05) is 53.4 Å². The Morgan fingerprint density at radius 2 is 1.07 bits per heavy atom. The van der Waals surface area contributed by atoms with Gasteiger partial charge < -0.3 is 23.7 Å². The zero-order valence-corrected chi connectivity index (χ0v) is 19.1. The van der Waals surface area contributed by atoms with E-state index in [-0.39, 0.29) is 10.8 Å². The van der Waals surface area contributed by atoms with Gasteiger partial charge in [0.15, 0.2) is 0 Å². The van der Waals surface area contributed by atoms with Crippen molar-refractivity contribution in [1.82, 2.24) is 0 Å². The van der Waals surface area contributed by atoms with Crippen molar-refractivity contribution in [2.24, 2.45) is 0 Å². The summed E-state index contributed by atoms with van der Waals surface area (Å²) in [4.78, 5) is 0. The van der Waals surface area contributed by atoms with Crippen LogP contribution in [0.3, 0.4) is 0 Å². The van der Waals surface area contributed by atoms with E-state index in [0.717, 1.165) is 29.2 Å². The van der Waals surface area contributed by atoms with Crippen LogP contribution < -0.4 is 9.47 Å². The molecule has 0 saturated heterocycles. The molecule has 0 aliphatic carbocycles. The maximum atomic E-state index is 6.12. The minimum absolute atomic E-state index is 0.0325. The molecule has 0 N–H and O–H groups in total. The summed E-state index contributed by atoms with van der Waals surface area (Å²) in [5.41, 5.74) is 2.20. The molecule has 0 radical (unpaired) electrons. The predicted octanol–water partition coefficient (Wildman–Crippen LogP) is 4.74. The first-order valence-corrected chi connectivity index (χ1v) is 10.2. The molecule has 1 aromatic rings. The lowest BCUT2D eigenvalue weighted by Gasteiger charge is -2.28. The Morgan fingerprint density at radius 1 is 0.643 bits per heavy atom. The molecule has 162 valence electrons. The highest BCUT2D eigenvalue weighted by molar-refractivity contribution is 5.51. The second-order valence-corrected chi connectivity index (χ2v) is 8.82. The molecule has 5 nitrogen and oxygen atoms in total. The van der Waals surface area contributed by atoms with Crippen LogP contribution in [-0.2, 0) is 25.0 Å². The van der Waals surface area contributed by atoms with Crippen molar-refractivity contribution < 1.29 is 23.7 Å². The molecule has 0 unspecified atom stereocenters. The summed E-state index contributed by atoms with van der Waals surface area (Å²) >= 11 is 0. The number of benzene rings is 1. The van der Waals surface area contributed by atoms with Gasteiger partial charge in [0, 0.05) is 17.7 Å². The van der Waals surface area contributed by atoms with E-state index in [4.69, 9.17) is 23.7 Å². The van der Waals surface area contributed by atoms with Crippen LogP contribution in [0.25, 0.3) is 0 Å². The zero-order chi connectivity index (χ0) is 21.2. The van der Waals surface area contributed by atoms with Crippen LogP contribution in [-0.4, -0.2) is 53.4 Å². The van der Waals surface area contributed by atoms with Crippen molar-refractivity contribution in [2.45, 2.75) is 59.3 Å². The number of methoxy groups -OCH3 is 1. The minimum atomic E-state index is -0.0473. The second kappa shape index (κ2) is 11.6. The fraction of sp³-hybridized carbons (Fsp3) is 0.739. The lowest BCUT2D eigenvalue weighted by molar-refractivity contribution is 0.0113. The van der Waals surface area contributed by atoms with Gasteiger partial charge in [0.25, 0.3) is 0 Å². The van der Waals surface area contributed by atoms with Gasteiger partial charge in [-0.1, -0.05) is 41.5 Å². The molecule has 0 aliphatic heterocycles. The maximum Gasteiger partial charge on any atom is 0.123 e. The standard InChI is InChI=1S/C23H40O5/c1-9-25-10-11-26-12-13-27-14-15-28-21-17-18(22(2,3)4)20(24-8)16-19(21)23(5,6)7/h16-17H,9-15H2,1-8H3. The van der Waals surface area contributed by atoms with Gasteiger partial charge >= 0.3 is 0 Å². The van der Waals surface area contributed by atoms with E-state index in [1.54, 1.807) is 7.11 Å². The largest absolute Gasteiger partial charge is 0.496 e. The third-order valence-electron chi connectivity index (χ3n) is 4.35. The summed E-state index contributed by atoms with van der Waals surface area (Å²) in [6, 6.07) is 4.24. The molecule has 5 heteroatoms. The van der Waals surface area contributed by atoms with Crippen LogP contribution in [0.1, 0.15) is 59.6 Å². The first kappa shape index (κ1) is 24.7. The lowest BCUT2D eigenvalue weighted by Crippen LogP contribution is -2.19. The van der Waals surface area contributed by atoms with E-state index in [2.05, 4.69) is 53.7 Å². The Balaban J connectivity index is 2.64. The average molecular weight is 397 g/mol. The molecule has 0 amide bonds. The van der Waals surface area contributed by atoms with Crippen molar-refractivity contribution in [3.05, 3.63) is 23.3 Å². The molecule has 0 bridgehead atoms. The molecule has 0 aromatic heterocycles. The van der Waals surface area contributed by atoms with Gasteiger partial charge in [-0.25, -0.2) is 0 Å². The highest BCUT2D eigenvalue weighted by Crippen LogP contribution is 2.41. The first-order chi connectivity index (χ1) is 13.1. The molecular formula is C23H40O5. The third kappa shape index (κ3) is 8.38. The SMILES string of the molecule is CCOCCOCCOCCOc1cc(C(C)(C)C)c(OC)cc1C(C)(C)C. The number of hydrogen-bond donors (Lipinski definition) is 0. The molecule has 1 rings (SSSR count). The molecule has 0 heterocycles. The summed E-state index contributed by atoms with van der Waals surface area (Å²) in [7, 11) is 1.72. The Labute approximate surface area is 171 Å². The summed E-state index contributed by atoms with van der Waals surface area (Å²) in [6.45, 7) is 19.1. The average Bonchev–Trinajstić information content (AvgIpc) is 2.61. The number of rotatable bonds is 12. The van der Waals surface area contributed by atoms with Crippen LogP contribution in [0.5, 0.6) is 11.5 Å². The Hall–Kier alpha value is -1.30.